The summed E-state index contributed by atoms with van der Waals surface area (Å²) in [4.78, 5) is 15.2. The molecule has 16 heavy (non-hydrogen) atoms. The van der Waals surface area contributed by atoms with Gasteiger partial charge in [-0.2, -0.15) is 4.98 Å². The molecule has 3 N–H and O–H groups in total. The Bertz CT molecular complexity index is 418. The highest BCUT2D eigenvalue weighted by Crippen LogP contribution is 2.28. The lowest BCUT2D eigenvalue weighted by Gasteiger charge is -2.14. The summed E-state index contributed by atoms with van der Waals surface area (Å²) in [5.41, 5.74) is 5.01. The Morgan fingerprint density at radius 2 is 2.44 bits per heavy atom. The van der Waals surface area contributed by atoms with Crippen LogP contribution >= 0.6 is 0 Å². The third-order valence-electron chi connectivity index (χ3n) is 2.70. The van der Waals surface area contributed by atoms with Gasteiger partial charge in [0.15, 0.2) is 0 Å². The van der Waals surface area contributed by atoms with E-state index >= 15 is 0 Å². The molecule has 1 aliphatic heterocycles. The smallest absolute Gasteiger partial charge is 0.351 e. The zero-order valence-corrected chi connectivity index (χ0v) is 8.87. The van der Waals surface area contributed by atoms with Crippen LogP contribution in [-0.2, 0) is 4.74 Å². The molecule has 2 rings (SSSR count). The van der Waals surface area contributed by atoms with Crippen molar-refractivity contribution in [1.82, 2.24) is 9.55 Å². The van der Waals surface area contributed by atoms with Gasteiger partial charge in [-0.25, -0.2) is 4.79 Å². The molecule has 0 radical (unpaired) electrons. The van der Waals surface area contributed by atoms with Crippen LogP contribution in [0, 0.1) is 0 Å². The van der Waals surface area contributed by atoms with Crippen LogP contribution in [0.15, 0.2) is 17.1 Å². The molecule has 1 unspecified atom stereocenters. The van der Waals surface area contributed by atoms with Gasteiger partial charge in [0.05, 0.1) is 6.10 Å². The van der Waals surface area contributed by atoms with Gasteiger partial charge in [0.25, 0.3) is 0 Å². The number of aliphatic hydroxyl groups excluding tert-OH is 1. The van der Waals surface area contributed by atoms with E-state index < -0.39 is 5.69 Å². The van der Waals surface area contributed by atoms with Gasteiger partial charge in [0, 0.05) is 12.8 Å². The van der Waals surface area contributed by atoms with Gasteiger partial charge in [0.1, 0.15) is 12.0 Å². The molecule has 0 bridgehead atoms. The maximum absolute atomic E-state index is 11.5. The van der Waals surface area contributed by atoms with E-state index in [4.69, 9.17) is 15.6 Å². The lowest BCUT2D eigenvalue weighted by atomic mass is 10.2. The van der Waals surface area contributed by atoms with Gasteiger partial charge in [-0.3, -0.25) is 4.57 Å². The van der Waals surface area contributed by atoms with Crippen molar-refractivity contribution >= 4 is 5.82 Å². The monoisotopic (exact) mass is 225 g/mol. The number of hydrogen-bond acceptors (Lipinski definition) is 5. The molecule has 1 fully saturated rings. The number of hydrogen-bond donors (Lipinski definition) is 2. The Kier molecular flexibility index (Phi) is 3.21. The highest BCUT2D eigenvalue weighted by atomic mass is 16.5. The Morgan fingerprint density at radius 1 is 1.62 bits per heavy atom. The quantitative estimate of drug-likeness (QED) is 0.748. The lowest BCUT2D eigenvalue weighted by Crippen LogP contribution is -2.27. The molecule has 0 amide bonds. The minimum Gasteiger partial charge on any atom is -0.396 e. The van der Waals surface area contributed by atoms with E-state index in [1.807, 2.05) is 0 Å². The minimum absolute atomic E-state index is 0.0273. The Hall–Kier alpha value is -1.40. The molecule has 0 aliphatic carbocycles. The maximum Gasteiger partial charge on any atom is 0.351 e. The fraction of sp³-hybridized carbons (Fsp3) is 0.600. The van der Waals surface area contributed by atoms with Gasteiger partial charge in [-0.15, -0.1) is 0 Å². The standard InChI is InChI=1S/C10H15N3O3/c11-8-3-5-13(10(15)12-8)9-2-1-7(16-9)4-6-14/h3,5,7,9,14H,1-2,4,6H2,(H2,11,12,15)/t7-,9?/m0/s1. The summed E-state index contributed by atoms with van der Waals surface area (Å²) in [5.74, 6) is 0.214. The predicted octanol–water partition coefficient (Wildman–Crippen LogP) is -0.115. The van der Waals surface area contributed by atoms with Crippen molar-refractivity contribution in [2.45, 2.75) is 31.6 Å². The summed E-state index contributed by atoms with van der Waals surface area (Å²) in [7, 11) is 0. The van der Waals surface area contributed by atoms with Crippen LogP contribution < -0.4 is 11.4 Å². The molecular formula is C10H15N3O3. The molecular weight excluding hydrogens is 210 g/mol. The second-order valence-corrected chi connectivity index (χ2v) is 3.84. The van der Waals surface area contributed by atoms with Crippen molar-refractivity contribution in [3.05, 3.63) is 22.7 Å². The average molecular weight is 225 g/mol. The van der Waals surface area contributed by atoms with Crippen molar-refractivity contribution < 1.29 is 9.84 Å². The first kappa shape index (κ1) is 11.1. The van der Waals surface area contributed by atoms with E-state index in [1.54, 1.807) is 12.3 Å². The summed E-state index contributed by atoms with van der Waals surface area (Å²) in [6.07, 6.45) is 3.55. The first-order chi connectivity index (χ1) is 7.70. The molecule has 0 saturated carbocycles. The Morgan fingerprint density at radius 3 is 3.12 bits per heavy atom. The summed E-state index contributed by atoms with van der Waals surface area (Å²) < 4.78 is 7.07. The van der Waals surface area contributed by atoms with E-state index in [0.29, 0.717) is 6.42 Å². The Balaban J connectivity index is 2.11. The first-order valence-electron chi connectivity index (χ1n) is 5.31. The maximum atomic E-state index is 11.5. The van der Waals surface area contributed by atoms with E-state index in [-0.39, 0.29) is 24.8 Å². The van der Waals surface area contributed by atoms with Gasteiger partial charge < -0.3 is 15.6 Å². The molecule has 2 heterocycles. The summed E-state index contributed by atoms with van der Waals surface area (Å²) in [6, 6.07) is 1.57. The third kappa shape index (κ3) is 2.23. The zero-order valence-electron chi connectivity index (χ0n) is 8.87. The first-order valence-corrected chi connectivity index (χ1v) is 5.31. The second-order valence-electron chi connectivity index (χ2n) is 3.84. The van der Waals surface area contributed by atoms with Crippen LogP contribution in [0.4, 0.5) is 5.82 Å². The number of nitrogens with zero attached hydrogens (tertiary/aromatic N) is 2. The van der Waals surface area contributed by atoms with Crippen LogP contribution in [0.25, 0.3) is 0 Å². The van der Waals surface area contributed by atoms with Crippen LogP contribution in [0.3, 0.4) is 0 Å². The summed E-state index contributed by atoms with van der Waals surface area (Å²) in [6.45, 7) is 0.103. The van der Waals surface area contributed by atoms with Crippen molar-refractivity contribution in [2.24, 2.45) is 0 Å². The number of nitrogens with two attached hydrogens (primary N) is 1. The van der Waals surface area contributed by atoms with Gasteiger partial charge in [0.2, 0.25) is 0 Å². The van der Waals surface area contributed by atoms with Gasteiger partial charge >= 0.3 is 5.69 Å². The SMILES string of the molecule is Nc1ccn(C2CC[C@@H](CCO)O2)c(=O)n1. The molecule has 1 saturated heterocycles. The van der Waals surface area contributed by atoms with E-state index in [9.17, 15) is 4.79 Å². The molecule has 1 aromatic rings. The number of aromatic nitrogens is 2. The lowest BCUT2D eigenvalue weighted by molar-refractivity contribution is -0.0101. The molecule has 0 spiro atoms. The highest BCUT2D eigenvalue weighted by Gasteiger charge is 2.26. The van der Waals surface area contributed by atoms with E-state index in [1.165, 1.54) is 4.57 Å². The highest BCUT2D eigenvalue weighted by molar-refractivity contribution is 5.23. The summed E-state index contributed by atoms with van der Waals surface area (Å²) >= 11 is 0. The number of anilines is 1. The van der Waals surface area contributed by atoms with E-state index in [0.717, 1.165) is 12.8 Å². The van der Waals surface area contributed by atoms with Crippen molar-refractivity contribution in [1.29, 1.82) is 0 Å². The van der Waals surface area contributed by atoms with Crippen LogP contribution in [0.1, 0.15) is 25.5 Å². The second kappa shape index (κ2) is 4.63. The van der Waals surface area contributed by atoms with Crippen molar-refractivity contribution in [3.63, 3.8) is 0 Å². The third-order valence-corrected chi connectivity index (χ3v) is 2.70. The normalized spacial score (nSPS) is 24.8. The van der Waals surface area contributed by atoms with Crippen LogP contribution in [-0.4, -0.2) is 27.4 Å². The summed E-state index contributed by atoms with van der Waals surface area (Å²) in [5, 5.41) is 8.80. The Labute approximate surface area is 92.7 Å². The molecule has 1 aromatic heterocycles. The predicted molar refractivity (Wildman–Crippen MR) is 57.8 cm³/mol. The fourth-order valence-corrected chi connectivity index (χ4v) is 1.89. The minimum atomic E-state index is -0.394. The number of aliphatic hydroxyl groups is 1. The van der Waals surface area contributed by atoms with E-state index in [2.05, 4.69) is 4.98 Å². The number of nitrogen functional groups attached to an aromatic ring is 1. The van der Waals surface area contributed by atoms with Crippen LogP contribution in [0.2, 0.25) is 0 Å². The zero-order chi connectivity index (χ0) is 11.5. The topological polar surface area (TPSA) is 90.4 Å². The van der Waals surface area contributed by atoms with Crippen LogP contribution in [0.5, 0.6) is 0 Å². The fourth-order valence-electron chi connectivity index (χ4n) is 1.89. The average Bonchev–Trinajstić information content (AvgIpc) is 2.67. The molecule has 2 atom stereocenters. The molecule has 0 aromatic carbocycles. The largest absolute Gasteiger partial charge is 0.396 e. The molecule has 6 heteroatoms. The molecule has 6 nitrogen and oxygen atoms in total. The number of ether oxygens (including phenoxy) is 1. The van der Waals surface area contributed by atoms with Gasteiger partial charge in [-0.1, -0.05) is 0 Å². The van der Waals surface area contributed by atoms with Crippen molar-refractivity contribution in [2.75, 3.05) is 12.3 Å². The van der Waals surface area contributed by atoms with Crippen molar-refractivity contribution in [3.8, 4) is 0 Å². The molecule has 1 aliphatic rings. The number of rotatable bonds is 3. The molecule has 88 valence electrons. The van der Waals surface area contributed by atoms with Gasteiger partial charge in [-0.05, 0) is 25.3 Å².